The van der Waals surface area contributed by atoms with Crippen LogP contribution < -0.4 is 28.4 Å². The Morgan fingerprint density at radius 3 is 1.23 bits per heavy atom. The summed E-state index contributed by atoms with van der Waals surface area (Å²) in [5.41, 5.74) is 10.7. The van der Waals surface area contributed by atoms with Gasteiger partial charge in [-0.2, -0.15) is 36.4 Å². The molecule has 322 valence electrons. The van der Waals surface area contributed by atoms with E-state index in [4.69, 9.17) is 9.47 Å². The Hall–Kier alpha value is -6.86. The van der Waals surface area contributed by atoms with Gasteiger partial charge in [-0.1, -0.05) is 48.5 Å². The molecule has 0 fully saturated rings. The van der Waals surface area contributed by atoms with Crippen LogP contribution in [-0.2, 0) is 42.1 Å². The molecule has 10 nitrogen and oxygen atoms in total. The van der Waals surface area contributed by atoms with Gasteiger partial charge in [-0.3, -0.25) is 9.13 Å². The molecule has 10 rings (SSSR count). The quantitative estimate of drug-likeness (QED) is 0.0952. The van der Waals surface area contributed by atoms with Crippen LogP contribution in [-0.4, -0.2) is 47.3 Å². The molecule has 64 heavy (non-hydrogen) atoms. The van der Waals surface area contributed by atoms with E-state index < -0.39 is 0 Å². The van der Waals surface area contributed by atoms with E-state index in [1.54, 1.807) is 24.5 Å². The monoisotopic (exact) mass is 1200 g/mol. The van der Waals surface area contributed by atoms with Gasteiger partial charge < -0.3 is 38.4 Å². The average molecular weight is 1200 g/mol. The minimum Gasteiger partial charge on any atom is -0.511 e. The van der Waals surface area contributed by atoms with Crippen molar-refractivity contribution in [1.82, 2.24) is 19.1 Å². The van der Waals surface area contributed by atoms with Crippen molar-refractivity contribution in [2.75, 3.05) is 38.0 Å². The summed E-state index contributed by atoms with van der Waals surface area (Å²) >= 11 is 0. The van der Waals surface area contributed by atoms with Gasteiger partial charge in [0.15, 0.2) is 0 Å². The first-order valence-electron chi connectivity index (χ1n) is 20.0. The third-order valence-corrected chi connectivity index (χ3v) is 10.4. The molecule has 0 aliphatic rings. The van der Waals surface area contributed by atoms with Crippen molar-refractivity contribution in [2.24, 2.45) is 0 Å². The van der Waals surface area contributed by atoms with Crippen LogP contribution in [0.15, 0.2) is 158 Å². The number of benzene rings is 6. The third kappa shape index (κ3) is 8.85. The van der Waals surface area contributed by atoms with E-state index in [0.717, 1.165) is 56.2 Å². The summed E-state index contributed by atoms with van der Waals surface area (Å²) in [6.07, 6.45) is 10.4. The van der Waals surface area contributed by atoms with Gasteiger partial charge in [-0.25, -0.2) is 0 Å². The summed E-state index contributed by atoms with van der Waals surface area (Å²) < 4.78 is 20.7. The van der Waals surface area contributed by atoms with E-state index in [2.05, 4.69) is 139 Å². The first kappa shape index (κ1) is 43.8. The van der Waals surface area contributed by atoms with Crippen molar-refractivity contribution in [3.05, 3.63) is 195 Å². The second-order valence-electron chi connectivity index (χ2n) is 14.9. The molecule has 4 aromatic heterocycles. The number of para-hydroxylation sites is 4. The fourth-order valence-electron chi connectivity index (χ4n) is 7.25. The van der Waals surface area contributed by atoms with Gasteiger partial charge in [0.25, 0.3) is 12.7 Å². The van der Waals surface area contributed by atoms with Crippen molar-refractivity contribution >= 4 is 33.4 Å². The number of ether oxygens (including phenoxy) is 2. The normalized spacial score (nSPS) is 10.9. The summed E-state index contributed by atoms with van der Waals surface area (Å²) in [5.74, 6) is 1.91. The maximum absolute atomic E-state index is 6.32. The van der Waals surface area contributed by atoms with E-state index in [1.165, 1.54) is 0 Å². The number of hydrogen-bond donors (Lipinski definition) is 0. The van der Waals surface area contributed by atoms with Gasteiger partial charge >= 0.3 is 0 Å². The largest absolute Gasteiger partial charge is 0.511 e. The first-order chi connectivity index (χ1) is 30.3. The summed E-state index contributed by atoms with van der Waals surface area (Å²) in [4.78, 5) is 13.2. The Kier molecular flexibility index (Phi) is 12.9. The Morgan fingerprint density at radius 1 is 0.438 bits per heavy atom. The molecular formula is C52H38N8O2Pt2-4. The molecule has 10 aromatic rings. The minimum absolute atomic E-state index is 0. The van der Waals surface area contributed by atoms with Gasteiger partial charge in [0.1, 0.15) is 0 Å². The van der Waals surface area contributed by atoms with Gasteiger partial charge in [0.2, 0.25) is 0 Å². The number of hydrogen-bond acceptors (Lipinski definition) is 6. The van der Waals surface area contributed by atoms with Gasteiger partial charge in [-0.15, -0.1) is 47.8 Å². The molecule has 0 aliphatic heterocycles. The molecular weight excluding hydrogens is 1160 g/mol. The molecule has 0 aliphatic carbocycles. The third-order valence-electron chi connectivity index (χ3n) is 10.4. The standard InChI is InChI=1S/C52H38N8O2.2Pt/c1-55(2)37-19-23-39(24-20-37)57-35-59(51-17-7-5-15-49(51)57)41-11-9-13-43(31-41)61-45-27-29-53-47(33-45)48-34-46(28-30-54-48)62-44-14-10-12-42(32-44)60-36-58(50-16-6-8-18-52(50)60)40-25-21-38(22-26-40)56(3)4;;/h5-30H,1-4H3;;/q-4;;. The summed E-state index contributed by atoms with van der Waals surface area (Å²) in [6, 6.07) is 61.6. The fraction of sp³-hybridized carbons (Fsp3) is 0.0769. The van der Waals surface area contributed by atoms with Gasteiger partial charge in [0.05, 0.1) is 33.4 Å². The van der Waals surface area contributed by atoms with Crippen LogP contribution >= 0.6 is 0 Å². The van der Waals surface area contributed by atoms with E-state index in [-0.39, 0.29) is 42.1 Å². The van der Waals surface area contributed by atoms with Crippen LogP contribution in [0.25, 0.3) is 56.2 Å². The SMILES string of the molecule is CN(C)c1ccc(-n2[c-][n+](-c3[c-]c(Oc4[c-]c(-c5[c-]c(Oc6[c-]c(-[n+]7[c-]n(-c8ccc(N(C)C)cc8)c8ccccc87)ccc6)ccn5)ncc4)ccc3)c3ccccc32)cc1.[Pt].[Pt]. The number of aromatic nitrogens is 6. The molecule has 4 heterocycles. The molecule has 0 radical (unpaired) electrons. The number of pyridine rings is 2. The maximum atomic E-state index is 6.32. The van der Waals surface area contributed by atoms with E-state index in [9.17, 15) is 0 Å². The average Bonchev–Trinajstić information content (AvgIpc) is 3.89. The Labute approximate surface area is 400 Å². The number of imidazole rings is 2. The predicted molar refractivity (Wildman–Crippen MR) is 239 cm³/mol. The smallest absolute Gasteiger partial charge is 0.268 e. The van der Waals surface area contributed by atoms with E-state index >= 15 is 0 Å². The van der Waals surface area contributed by atoms with Crippen molar-refractivity contribution in [2.45, 2.75) is 0 Å². The van der Waals surface area contributed by atoms with E-state index in [1.807, 2.05) is 98.0 Å². The first-order valence-corrected chi connectivity index (χ1v) is 20.0. The Bertz CT molecular complexity index is 3000. The second kappa shape index (κ2) is 18.9. The molecule has 12 heteroatoms. The summed E-state index contributed by atoms with van der Waals surface area (Å²) in [5, 5.41) is 0. The zero-order chi connectivity index (χ0) is 42.2. The molecule has 0 amide bonds. The number of fused-ring (bicyclic) bond motifs is 2. The van der Waals surface area contributed by atoms with Crippen LogP contribution in [0.4, 0.5) is 11.4 Å². The molecule has 0 atom stereocenters. The maximum Gasteiger partial charge on any atom is 0.268 e. The summed E-state index contributed by atoms with van der Waals surface area (Å²) in [6.45, 7) is 0. The van der Waals surface area contributed by atoms with Crippen LogP contribution in [0.2, 0.25) is 0 Å². The van der Waals surface area contributed by atoms with Crippen LogP contribution in [0, 0.1) is 36.9 Å². The van der Waals surface area contributed by atoms with Crippen LogP contribution in [0.1, 0.15) is 0 Å². The van der Waals surface area contributed by atoms with E-state index in [0.29, 0.717) is 34.4 Å². The molecule has 0 saturated carbocycles. The number of anilines is 2. The zero-order valence-electron chi connectivity index (χ0n) is 35.0. The Morgan fingerprint density at radius 2 is 0.828 bits per heavy atom. The molecule has 0 bridgehead atoms. The molecule has 0 N–H and O–H groups in total. The Balaban J connectivity index is 0.00000280. The van der Waals surface area contributed by atoms with Gasteiger partial charge in [-0.05, 0) is 72.3 Å². The summed E-state index contributed by atoms with van der Waals surface area (Å²) in [7, 11) is 8.13. The number of rotatable bonds is 11. The van der Waals surface area contributed by atoms with Crippen molar-refractivity contribution in [1.29, 1.82) is 0 Å². The fourth-order valence-corrected chi connectivity index (χ4v) is 7.25. The van der Waals surface area contributed by atoms with Crippen molar-refractivity contribution in [3.63, 3.8) is 0 Å². The molecule has 0 saturated heterocycles. The molecule has 0 unspecified atom stereocenters. The van der Waals surface area contributed by atoms with Crippen molar-refractivity contribution < 1.29 is 60.7 Å². The minimum atomic E-state index is 0. The second-order valence-corrected chi connectivity index (χ2v) is 14.9. The topological polar surface area (TPSA) is 68.3 Å². The number of nitrogens with zero attached hydrogens (tertiary/aromatic N) is 8. The zero-order valence-corrected chi connectivity index (χ0v) is 39.6. The van der Waals surface area contributed by atoms with Gasteiger partial charge in [0, 0.05) is 105 Å². The van der Waals surface area contributed by atoms with Crippen LogP contribution in [0.3, 0.4) is 0 Å². The predicted octanol–water partition coefficient (Wildman–Crippen LogP) is 9.10. The van der Waals surface area contributed by atoms with Crippen LogP contribution in [0.5, 0.6) is 23.0 Å². The van der Waals surface area contributed by atoms with Crippen molar-refractivity contribution in [3.8, 4) is 57.1 Å². The molecule has 6 aromatic carbocycles. The molecule has 0 spiro atoms.